The zero-order valence-corrected chi connectivity index (χ0v) is 7.87. The van der Waals surface area contributed by atoms with Gasteiger partial charge >= 0.3 is 12.1 Å². The average molecular weight is 190 g/mol. The van der Waals surface area contributed by atoms with Gasteiger partial charge in [-0.15, -0.1) is 0 Å². The summed E-state index contributed by atoms with van der Waals surface area (Å²) in [6, 6.07) is 0. The Morgan fingerprint density at radius 2 is 2.00 bits per heavy atom. The summed E-state index contributed by atoms with van der Waals surface area (Å²) in [6.07, 6.45) is -1.36. The molecule has 1 saturated heterocycles. The second-order valence-corrected chi connectivity index (χ2v) is 2.44. The smallest absolute Gasteiger partial charge is 0.384 e. The van der Waals surface area contributed by atoms with Gasteiger partial charge < -0.3 is 4.74 Å². The predicted molar refractivity (Wildman–Crippen MR) is 42.6 cm³/mol. The summed E-state index contributed by atoms with van der Waals surface area (Å²) in [7, 11) is 0. The van der Waals surface area contributed by atoms with Crippen molar-refractivity contribution in [3.8, 4) is 0 Å². The Kier molecular flexibility index (Phi) is 3.65. The second kappa shape index (κ2) is 4.55. The van der Waals surface area contributed by atoms with Crippen molar-refractivity contribution in [3.05, 3.63) is 0 Å². The lowest BCUT2D eigenvalue weighted by Crippen LogP contribution is -2.47. The van der Waals surface area contributed by atoms with Crippen molar-refractivity contribution in [2.45, 2.75) is 26.4 Å². The fourth-order valence-electron chi connectivity index (χ4n) is 1.02. The molecule has 0 aromatic rings. The zero-order valence-electron chi connectivity index (χ0n) is 7.87. The highest BCUT2D eigenvalue weighted by Crippen LogP contribution is 2.22. The third kappa shape index (κ3) is 2.65. The Balaban J connectivity index is 2.58. The maximum atomic E-state index is 11.0. The number of cyclic esters (lactones) is 1. The number of hydrogen-bond acceptors (Lipinski definition) is 5. The van der Waals surface area contributed by atoms with Crippen LogP contribution in [0.4, 0.5) is 0 Å². The summed E-state index contributed by atoms with van der Waals surface area (Å²) in [5, 5.41) is 0. The fourth-order valence-corrected chi connectivity index (χ4v) is 1.02. The van der Waals surface area contributed by atoms with E-state index < -0.39 is 6.16 Å². The topological polar surface area (TPSA) is 54.0 Å². The van der Waals surface area contributed by atoms with Gasteiger partial charge in [-0.3, -0.25) is 19.0 Å². The average Bonchev–Trinajstić information content (AvgIpc) is 2.04. The Labute approximate surface area is 76.9 Å². The number of carbonyl (C=O) groups is 1. The quantitative estimate of drug-likeness (QED) is 0.481. The summed E-state index contributed by atoms with van der Waals surface area (Å²) in [5.41, 5.74) is 0. The Morgan fingerprint density at radius 3 is 2.46 bits per heavy atom. The lowest BCUT2D eigenvalue weighted by molar-refractivity contribution is -0.489. The van der Waals surface area contributed by atoms with Crippen LogP contribution in [0.5, 0.6) is 0 Å². The minimum Gasteiger partial charge on any atom is -0.384 e. The normalized spacial score (nSPS) is 21.2. The number of ether oxygens (including phenoxy) is 4. The number of hydrogen-bond donors (Lipinski definition) is 0. The van der Waals surface area contributed by atoms with Gasteiger partial charge in [0.1, 0.15) is 0 Å². The molecule has 0 radical (unpaired) electrons. The van der Waals surface area contributed by atoms with Gasteiger partial charge in [0.2, 0.25) is 0 Å². The molecular weight excluding hydrogens is 176 g/mol. The number of esters is 1. The molecule has 0 aliphatic carbocycles. The van der Waals surface area contributed by atoms with Crippen molar-refractivity contribution < 1.29 is 23.7 Å². The standard InChI is InChI=1S/C8H14O5/c1-3-10-8(11-4-2)12-6-5-7(9)13-8/h3-6H2,1-2H3. The van der Waals surface area contributed by atoms with Gasteiger partial charge in [0.15, 0.2) is 0 Å². The molecule has 0 unspecified atom stereocenters. The van der Waals surface area contributed by atoms with Gasteiger partial charge in [-0.1, -0.05) is 0 Å². The van der Waals surface area contributed by atoms with E-state index in [1.165, 1.54) is 0 Å². The van der Waals surface area contributed by atoms with E-state index in [2.05, 4.69) is 0 Å². The monoisotopic (exact) mass is 190 g/mol. The molecule has 1 aliphatic heterocycles. The molecule has 5 heteroatoms. The predicted octanol–water partition coefficient (Wildman–Crippen LogP) is 0.634. The Hall–Kier alpha value is -0.650. The van der Waals surface area contributed by atoms with Crippen LogP contribution in [0.1, 0.15) is 20.3 Å². The van der Waals surface area contributed by atoms with Gasteiger partial charge in [-0.25, -0.2) is 0 Å². The largest absolute Gasteiger partial charge is 0.462 e. The molecule has 76 valence electrons. The van der Waals surface area contributed by atoms with Crippen LogP contribution >= 0.6 is 0 Å². The highest BCUT2D eigenvalue weighted by Gasteiger charge is 2.41. The maximum absolute atomic E-state index is 11.0. The summed E-state index contributed by atoms with van der Waals surface area (Å²) >= 11 is 0. The Bertz CT molecular complexity index is 168. The molecule has 0 aromatic heterocycles. The van der Waals surface area contributed by atoms with E-state index >= 15 is 0 Å². The molecule has 0 aromatic carbocycles. The van der Waals surface area contributed by atoms with E-state index in [1.807, 2.05) is 0 Å². The van der Waals surface area contributed by atoms with E-state index in [0.29, 0.717) is 13.2 Å². The van der Waals surface area contributed by atoms with Gasteiger partial charge in [-0.2, -0.15) is 0 Å². The highest BCUT2D eigenvalue weighted by atomic mass is 17.0. The van der Waals surface area contributed by atoms with E-state index in [0.717, 1.165) is 0 Å². The Morgan fingerprint density at radius 1 is 1.38 bits per heavy atom. The molecule has 0 amide bonds. The van der Waals surface area contributed by atoms with Crippen molar-refractivity contribution >= 4 is 5.97 Å². The molecule has 1 heterocycles. The van der Waals surface area contributed by atoms with Crippen molar-refractivity contribution in [3.63, 3.8) is 0 Å². The van der Waals surface area contributed by atoms with Gasteiger partial charge in [0, 0.05) is 0 Å². The number of rotatable bonds is 4. The minimum absolute atomic E-state index is 0.238. The van der Waals surface area contributed by atoms with E-state index in [4.69, 9.17) is 18.9 Å². The third-order valence-corrected chi connectivity index (χ3v) is 1.47. The van der Waals surface area contributed by atoms with Crippen molar-refractivity contribution in [1.82, 2.24) is 0 Å². The van der Waals surface area contributed by atoms with Crippen LogP contribution < -0.4 is 0 Å². The van der Waals surface area contributed by atoms with Crippen LogP contribution in [-0.4, -0.2) is 31.9 Å². The lowest BCUT2D eigenvalue weighted by Gasteiger charge is -2.33. The molecule has 0 saturated carbocycles. The van der Waals surface area contributed by atoms with Gasteiger partial charge in [-0.05, 0) is 13.8 Å². The van der Waals surface area contributed by atoms with Crippen molar-refractivity contribution in [2.24, 2.45) is 0 Å². The molecule has 0 atom stereocenters. The molecule has 0 bridgehead atoms. The van der Waals surface area contributed by atoms with Crippen molar-refractivity contribution in [1.29, 1.82) is 0 Å². The summed E-state index contributed by atoms with van der Waals surface area (Å²) in [4.78, 5) is 11.0. The van der Waals surface area contributed by atoms with Crippen LogP contribution in [0.25, 0.3) is 0 Å². The van der Waals surface area contributed by atoms with E-state index in [9.17, 15) is 4.79 Å². The number of carbonyl (C=O) groups excluding carboxylic acids is 1. The molecule has 1 aliphatic rings. The summed E-state index contributed by atoms with van der Waals surface area (Å²) < 4.78 is 20.2. The second-order valence-electron chi connectivity index (χ2n) is 2.44. The molecule has 0 N–H and O–H groups in total. The molecule has 1 fully saturated rings. The summed E-state index contributed by atoms with van der Waals surface area (Å²) in [5.74, 6) is -0.367. The fraction of sp³-hybridized carbons (Fsp3) is 0.875. The first-order chi connectivity index (χ1) is 6.22. The van der Waals surface area contributed by atoms with Gasteiger partial charge in [0.25, 0.3) is 0 Å². The van der Waals surface area contributed by atoms with Crippen molar-refractivity contribution in [2.75, 3.05) is 19.8 Å². The van der Waals surface area contributed by atoms with Crippen LogP contribution in [-0.2, 0) is 23.7 Å². The van der Waals surface area contributed by atoms with Crippen LogP contribution in [0.2, 0.25) is 0 Å². The molecular formula is C8H14O5. The SMILES string of the molecule is CCOC1(OCC)OCCC(=O)O1. The van der Waals surface area contributed by atoms with Gasteiger partial charge in [0.05, 0.1) is 26.2 Å². The maximum Gasteiger partial charge on any atom is 0.462 e. The molecule has 13 heavy (non-hydrogen) atoms. The van der Waals surface area contributed by atoms with Crippen LogP contribution in [0.15, 0.2) is 0 Å². The minimum atomic E-state index is -1.60. The molecule has 5 nitrogen and oxygen atoms in total. The van der Waals surface area contributed by atoms with E-state index in [-0.39, 0.29) is 19.0 Å². The molecule has 0 spiro atoms. The van der Waals surface area contributed by atoms with Crippen LogP contribution in [0.3, 0.4) is 0 Å². The van der Waals surface area contributed by atoms with E-state index in [1.54, 1.807) is 13.8 Å². The zero-order chi connectivity index (χ0) is 9.73. The first kappa shape index (κ1) is 10.4. The highest BCUT2D eigenvalue weighted by molar-refractivity contribution is 5.70. The first-order valence-electron chi connectivity index (χ1n) is 4.36. The third-order valence-electron chi connectivity index (χ3n) is 1.47. The first-order valence-corrected chi connectivity index (χ1v) is 4.36. The lowest BCUT2D eigenvalue weighted by atomic mass is 10.4. The molecule has 1 rings (SSSR count). The van der Waals surface area contributed by atoms with Crippen LogP contribution in [0, 0.1) is 0 Å². The summed E-state index contributed by atoms with van der Waals surface area (Å²) in [6.45, 7) is 4.51.